The molecular weight excluding hydrogens is 353 g/mol. The summed E-state index contributed by atoms with van der Waals surface area (Å²) in [5.41, 5.74) is 2.07. The summed E-state index contributed by atoms with van der Waals surface area (Å²) in [7, 11) is 0. The highest BCUT2D eigenvalue weighted by atomic mass is 35.5. The zero-order valence-electron chi connectivity index (χ0n) is 15.2. The van der Waals surface area contributed by atoms with E-state index in [4.69, 9.17) is 0 Å². The molecule has 3 nitrogen and oxygen atoms in total. The molecule has 1 N–H and O–H groups in total. The molecule has 142 valence electrons. The number of hydrogen-bond acceptors (Lipinski definition) is 3. The van der Waals surface area contributed by atoms with Crippen molar-refractivity contribution in [2.45, 2.75) is 44.7 Å². The molecule has 0 radical (unpaired) electrons. The molecule has 0 saturated carbocycles. The minimum Gasteiger partial charge on any atom is -0.316 e. The third-order valence-electron chi connectivity index (χ3n) is 6.35. The fourth-order valence-corrected chi connectivity index (χ4v) is 4.94. The van der Waals surface area contributed by atoms with Gasteiger partial charge in [-0.15, -0.1) is 24.8 Å². The van der Waals surface area contributed by atoms with E-state index in [2.05, 4.69) is 45.4 Å². The van der Waals surface area contributed by atoms with Crippen molar-refractivity contribution in [1.29, 1.82) is 0 Å². The first-order valence-corrected chi connectivity index (χ1v) is 9.54. The van der Waals surface area contributed by atoms with Crippen LogP contribution < -0.4 is 5.32 Å². The molecular formula is C20H33Cl2N3. The summed E-state index contributed by atoms with van der Waals surface area (Å²) in [4.78, 5) is 5.46. The molecule has 3 saturated heterocycles. The first kappa shape index (κ1) is 21.0. The van der Waals surface area contributed by atoms with Crippen LogP contribution >= 0.6 is 24.8 Å². The third-order valence-corrected chi connectivity index (χ3v) is 6.35. The lowest BCUT2D eigenvalue weighted by Gasteiger charge is -2.39. The second-order valence-corrected chi connectivity index (χ2v) is 7.99. The normalized spacial score (nSPS) is 28.5. The Labute approximate surface area is 165 Å². The fraction of sp³-hybridized carbons (Fsp3) is 0.700. The van der Waals surface area contributed by atoms with Crippen LogP contribution in [0.25, 0.3) is 0 Å². The molecule has 3 heterocycles. The van der Waals surface area contributed by atoms with Gasteiger partial charge in [-0.25, -0.2) is 0 Å². The molecule has 1 spiro atoms. The van der Waals surface area contributed by atoms with Gasteiger partial charge in [-0.3, -0.25) is 9.80 Å². The van der Waals surface area contributed by atoms with Crippen molar-refractivity contribution in [3.8, 4) is 0 Å². The van der Waals surface area contributed by atoms with Crippen LogP contribution in [0.2, 0.25) is 0 Å². The molecule has 0 amide bonds. The molecule has 3 aliphatic heterocycles. The maximum absolute atomic E-state index is 3.64. The van der Waals surface area contributed by atoms with E-state index in [1.165, 1.54) is 76.9 Å². The number of hydrogen-bond donors (Lipinski definition) is 1. The van der Waals surface area contributed by atoms with E-state index < -0.39 is 0 Å². The van der Waals surface area contributed by atoms with Crippen molar-refractivity contribution in [2.24, 2.45) is 5.41 Å². The zero-order valence-corrected chi connectivity index (χ0v) is 16.8. The van der Waals surface area contributed by atoms with Gasteiger partial charge in [0.15, 0.2) is 0 Å². The highest BCUT2D eigenvalue weighted by Crippen LogP contribution is 2.38. The number of nitrogens with one attached hydrogen (secondary N) is 1. The number of nitrogens with zero attached hydrogens (tertiary/aromatic N) is 2. The van der Waals surface area contributed by atoms with Gasteiger partial charge in [0, 0.05) is 25.7 Å². The zero-order chi connectivity index (χ0) is 15.5. The van der Waals surface area contributed by atoms with Crippen molar-refractivity contribution in [2.75, 3.05) is 39.3 Å². The van der Waals surface area contributed by atoms with Crippen LogP contribution in [-0.2, 0) is 6.54 Å². The first-order chi connectivity index (χ1) is 11.3. The van der Waals surface area contributed by atoms with Crippen molar-refractivity contribution < 1.29 is 0 Å². The van der Waals surface area contributed by atoms with E-state index >= 15 is 0 Å². The number of piperidine rings is 2. The van der Waals surface area contributed by atoms with Gasteiger partial charge in [-0.05, 0) is 69.3 Å². The lowest BCUT2D eigenvalue weighted by molar-refractivity contribution is 0.106. The predicted molar refractivity (Wildman–Crippen MR) is 110 cm³/mol. The van der Waals surface area contributed by atoms with E-state index in [1.54, 1.807) is 0 Å². The maximum Gasteiger partial charge on any atom is 0.0233 e. The summed E-state index contributed by atoms with van der Waals surface area (Å²) >= 11 is 0. The Hall–Kier alpha value is -0.320. The van der Waals surface area contributed by atoms with Crippen LogP contribution in [0.3, 0.4) is 0 Å². The SMILES string of the molecule is Cl.Cl.c1ccc(CN2CCC(N3CCC4(CCCNC4)C3)CC2)cc1. The quantitative estimate of drug-likeness (QED) is 0.857. The lowest BCUT2D eigenvalue weighted by Crippen LogP contribution is -2.46. The highest BCUT2D eigenvalue weighted by Gasteiger charge is 2.41. The van der Waals surface area contributed by atoms with Crippen molar-refractivity contribution in [3.63, 3.8) is 0 Å². The predicted octanol–water partition coefficient (Wildman–Crippen LogP) is 3.57. The topological polar surface area (TPSA) is 18.5 Å². The number of rotatable bonds is 3. The Morgan fingerprint density at radius 2 is 1.76 bits per heavy atom. The molecule has 5 heteroatoms. The van der Waals surface area contributed by atoms with E-state index in [9.17, 15) is 0 Å². The van der Waals surface area contributed by atoms with Gasteiger partial charge in [-0.2, -0.15) is 0 Å². The molecule has 1 aromatic carbocycles. The third kappa shape index (κ3) is 5.11. The van der Waals surface area contributed by atoms with Gasteiger partial charge in [0.25, 0.3) is 0 Å². The summed E-state index contributed by atoms with van der Waals surface area (Å²) in [6, 6.07) is 11.8. The van der Waals surface area contributed by atoms with E-state index in [-0.39, 0.29) is 24.8 Å². The number of benzene rings is 1. The van der Waals surface area contributed by atoms with Crippen molar-refractivity contribution in [1.82, 2.24) is 15.1 Å². The number of likely N-dealkylation sites (tertiary alicyclic amines) is 2. The average Bonchev–Trinajstić information content (AvgIpc) is 3.01. The molecule has 0 aromatic heterocycles. The van der Waals surface area contributed by atoms with E-state index in [1.807, 2.05) is 0 Å². The van der Waals surface area contributed by atoms with Gasteiger partial charge in [0.2, 0.25) is 0 Å². The molecule has 3 aliphatic rings. The minimum atomic E-state index is 0. The molecule has 0 bridgehead atoms. The fourth-order valence-electron chi connectivity index (χ4n) is 4.94. The van der Waals surface area contributed by atoms with Gasteiger partial charge in [-0.1, -0.05) is 30.3 Å². The summed E-state index contributed by atoms with van der Waals surface area (Å²) in [6.45, 7) is 8.84. The minimum absolute atomic E-state index is 0. The molecule has 1 atom stereocenters. The van der Waals surface area contributed by atoms with Gasteiger partial charge >= 0.3 is 0 Å². The second-order valence-electron chi connectivity index (χ2n) is 7.99. The van der Waals surface area contributed by atoms with E-state index in [0.29, 0.717) is 5.41 Å². The van der Waals surface area contributed by atoms with Crippen LogP contribution in [-0.4, -0.2) is 55.1 Å². The summed E-state index contributed by atoms with van der Waals surface area (Å²) < 4.78 is 0. The van der Waals surface area contributed by atoms with Gasteiger partial charge in [0.05, 0.1) is 0 Å². The first-order valence-electron chi connectivity index (χ1n) is 9.54. The van der Waals surface area contributed by atoms with Crippen LogP contribution in [0.15, 0.2) is 30.3 Å². The number of halogens is 2. The Balaban J connectivity index is 0.00000113. The molecule has 25 heavy (non-hydrogen) atoms. The lowest BCUT2D eigenvalue weighted by atomic mass is 9.80. The summed E-state index contributed by atoms with van der Waals surface area (Å²) in [5, 5.41) is 3.64. The maximum atomic E-state index is 3.64. The summed E-state index contributed by atoms with van der Waals surface area (Å²) in [5.74, 6) is 0. The van der Waals surface area contributed by atoms with Crippen LogP contribution in [0.5, 0.6) is 0 Å². The average molecular weight is 386 g/mol. The smallest absolute Gasteiger partial charge is 0.0233 e. The van der Waals surface area contributed by atoms with Crippen LogP contribution in [0, 0.1) is 5.41 Å². The molecule has 4 rings (SSSR count). The summed E-state index contributed by atoms with van der Waals surface area (Å²) in [6.07, 6.45) is 6.96. The highest BCUT2D eigenvalue weighted by molar-refractivity contribution is 5.85. The van der Waals surface area contributed by atoms with Crippen LogP contribution in [0.1, 0.15) is 37.7 Å². The molecule has 0 aliphatic carbocycles. The molecule has 3 fully saturated rings. The van der Waals surface area contributed by atoms with Crippen LogP contribution in [0.4, 0.5) is 0 Å². The molecule has 1 aromatic rings. The van der Waals surface area contributed by atoms with Crippen molar-refractivity contribution in [3.05, 3.63) is 35.9 Å². The van der Waals surface area contributed by atoms with E-state index in [0.717, 1.165) is 12.6 Å². The Bertz CT molecular complexity index is 497. The Morgan fingerprint density at radius 3 is 2.44 bits per heavy atom. The molecule has 1 unspecified atom stereocenters. The Morgan fingerprint density at radius 1 is 1.00 bits per heavy atom. The van der Waals surface area contributed by atoms with Gasteiger partial charge < -0.3 is 5.32 Å². The second kappa shape index (κ2) is 9.57. The largest absolute Gasteiger partial charge is 0.316 e. The Kier molecular flexibility index (Phi) is 8.03. The monoisotopic (exact) mass is 385 g/mol. The van der Waals surface area contributed by atoms with Gasteiger partial charge in [0.1, 0.15) is 0 Å². The standard InChI is InChI=1S/C20H31N3.2ClH/c1-2-5-18(6-3-1)15-22-12-7-19(8-13-22)23-14-10-20(17-23)9-4-11-21-16-20;;/h1-3,5-6,19,21H,4,7-17H2;2*1H. The van der Waals surface area contributed by atoms with Crippen molar-refractivity contribution >= 4 is 24.8 Å².